The second-order valence-corrected chi connectivity index (χ2v) is 7.15. The highest BCUT2D eigenvalue weighted by Gasteiger charge is 2.44. The lowest BCUT2D eigenvalue weighted by Crippen LogP contribution is -2.53. The minimum atomic E-state index is -1.13. The van der Waals surface area contributed by atoms with Gasteiger partial charge in [0.2, 0.25) is 0 Å². The maximum absolute atomic E-state index is 11.2. The predicted molar refractivity (Wildman–Crippen MR) is 86.2 cm³/mol. The Kier molecular flexibility index (Phi) is 4.25. The third-order valence-electron chi connectivity index (χ3n) is 4.78. The first-order chi connectivity index (χ1) is 10.8. The zero-order chi connectivity index (χ0) is 16.7. The van der Waals surface area contributed by atoms with Crippen LogP contribution in [0.4, 0.5) is 5.82 Å². The summed E-state index contributed by atoms with van der Waals surface area (Å²) in [5.41, 5.74) is -1.07. The van der Waals surface area contributed by atoms with Crippen molar-refractivity contribution in [1.82, 2.24) is 4.98 Å². The van der Waals surface area contributed by atoms with Gasteiger partial charge in [-0.15, -0.1) is 0 Å². The molecule has 6 nitrogen and oxygen atoms in total. The third kappa shape index (κ3) is 3.44. The van der Waals surface area contributed by atoms with E-state index >= 15 is 0 Å². The second-order valence-electron chi connectivity index (χ2n) is 6.75. The Morgan fingerprint density at radius 2 is 2.04 bits per heavy atom. The van der Waals surface area contributed by atoms with E-state index in [4.69, 9.17) is 21.4 Å². The van der Waals surface area contributed by atoms with Crippen LogP contribution in [0.15, 0.2) is 12.1 Å². The van der Waals surface area contributed by atoms with E-state index in [0.717, 1.165) is 12.8 Å². The molecule has 0 saturated carbocycles. The lowest BCUT2D eigenvalue weighted by Gasteiger charge is -2.48. The van der Waals surface area contributed by atoms with Crippen molar-refractivity contribution >= 4 is 23.4 Å². The molecule has 2 saturated heterocycles. The standard InChI is InChI=1S/C16H21ClN2O4/c1-15(22)6-9-23-16(10-15)4-7-19(8-5-16)12-3-2-11(17)13(18-12)14(20)21/h2-3,22H,4-10H2,1H3,(H,20,21). The minimum absolute atomic E-state index is 0.124. The van der Waals surface area contributed by atoms with Crippen LogP contribution < -0.4 is 4.90 Å². The van der Waals surface area contributed by atoms with Crippen molar-refractivity contribution in [2.24, 2.45) is 0 Å². The van der Waals surface area contributed by atoms with Crippen molar-refractivity contribution in [1.29, 1.82) is 0 Å². The lowest BCUT2D eigenvalue weighted by molar-refractivity contribution is -0.162. The third-order valence-corrected chi connectivity index (χ3v) is 5.09. The maximum atomic E-state index is 11.2. The van der Waals surface area contributed by atoms with E-state index < -0.39 is 11.6 Å². The number of ether oxygens (including phenoxy) is 1. The van der Waals surface area contributed by atoms with Gasteiger partial charge in [0.05, 0.1) is 22.8 Å². The van der Waals surface area contributed by atoms with Crippen LogP contribution in [0, 0.1) is 0 Å². The molecule has 126 valence electrons. The van der Waals surface area contributed by atoms with Crippen LogP contribution in [0.5, 0.6) is 0 Å². The van der Waals surface area contributed by atoms with E-state index in [1.807, 2.05) is 11.8 Å². The molecule has 1 aromatic rings. The van der Waals surface area contributed by atoms with Crippen LogP contribution in [-0.2, 0) is 4.74 Å². The average Bonchev–Trinajstić information content (AvgIpc) is 2.47. The Morgan fingerprint density at radius 3 is 2.65 bits per heavy atom. The fraction of sp³-hybridized carbons (Fsp3) is 0.625. The summed E-state index contributed by atoms with van der Waals surface area (Å²) >= 11 is 5.87. The summed E-state index contributed by atoms with van der Waals surface area (Å²) in [7, 11) is 0. The van der Waals surface area contributed by atoms with E-state index in [9.17, 15) is 9.90 Å². The summed E-state index contributed by atoms with van der Waals surface area (Å²) in [5, 5.41) is 19.6. The first-order valence-electron chi connectivity index (χ1n) is 7.81. The number of aliphatic hydroxyl groups is 1. The molecule has 3 heterocycles. The molecule has 7 heteroatoms. The Morgan fingerprint density at radius 1 is 1.35 bits per heavy atom. The number of carboxylic acids is 1. The van der Waals surface area contributed by atoms with Crippen LogP contribution in [0.25, 0.3) is 0 Å². The molecule has 3 rings (SSSR count). The quantitative estimate of drug-likeness (QED) is 0.859. The van der Waals surface area contributed by atoms with E-state index in [1.165, 1.54) is 0 Å². The zero-order valence-electron chi connectivity index (χ0n) is 13.1. The van der Waals surface area contributed by atoms with Gasteiger partial charge in [0.1, 0.15) is 5.82 Å². The van der Waals surface area contributed by atoms with Crippen LogP contribution in [-0.4, -0.2) is 52.1 Å². The fourth-order valence-electron chi connectivity index (χ4n) is 3.54. The first-order valence-corrected chi connectivity index (χ1v) is 8.19. The number of pyridine rings is 1. The smallest absolute Gasteiger partial charge is 0.356 e. The summed E-state index contributed by atoms with van der Waals surface area (Å²) in [4.78, 5) is 17.4. The number of piperidine rings is 1. The number of rotatable bonds is 2. The van der Waals surface area contributed by atoms with Crippen molar-refractivity contribution < 1.29 is 19.7 Å². The van der Waals surface area contributed by atoms with Crippen LogP contribution >= 0.6 is 11.6 Å². The predicted octanol–water partition coefficient (Wildman–Crippen LogP) is 2.33. The molecule has 0 aliphatic carbocycles. The summed E-state index contributed by atoms with van der Waals surface area (Å²) in [6, 6.07) is 3.31. The molecule has 0 radical (unpaired) electrons. The summed E-state index contributed by atoms with van der Waals surface area (Å²) in [6.45, 7) is 3.87. The van der Waals surface area contributed by atoms with Crippen molar-refractivity contribution in [3.05, 3.63) is 22.8 Å². The van der Waals surface area contributed by atoms with Gasteiger partial charge in [0.15, 0.2) is 5.69 Å². The zero-order valence-corrected chi connectivity index (χ0v) is 13.8. The van der Waals surface area contributed by atoms with E-state index in [0.29, 0.717) is 38.4 Å². The number of hydrogen-bond donors (Lipinski definition) is 2. The van der Waals surface area contributed by atoms with Gasteiger partial charge < -0.3 is 19.8 Å². The van der Waals surface area contributed by atoms with Crippen LogP contribution in [0.3, 0.4) is 0 Å². The fourth-order valence-corrected chi connectivity index (χ4v) is 3.73. The number of aromatic carboxylic acids is 1. The van der Waals surface area contributed by atoms with Crippen molar-refractivity contribution in [3.63, 3.8) is 0 Å². The van der Waals surface area contributed by atoms with Gasteiger partial charge in [0, 0.05) is 19.5 Å². The Hall–Kier alpha value is -1.37. The first kappa shape index (κ1) is 16.5. The molecule has 0 bridgehead atoms. The molecule has 1 aromatic heterocycles. The molecule has 0 amide bonds. The van der Waals surface area contributed by atoms with E-state index in [2.05, 4.69) is 4.98 Å². The number of carboxylic acid groups (broad SMARTS) is 1. The van der Waals surface area contributed by atoms with Gasteiger partial charge in [0.25, 0.3) is 0 Å². The summed E-state index contributed by atoms with van der Waals surface area (Å²) < 4.78 is 5.98. The molecule has 23 heavy (non-hydrogen) atoms. The Balaban J connectivity index is 1.72. The monoisotopic (exact) mass is 340 g/mol. The molecular formula is C16H21ClN2O4. The number of carbonyl (C=O) groups is 1. The highest BCUT2D eigenvalue weighted by molar-refractivity contribution is 6.33. The number of aromatic nitrogens is 1. The van der Waals surface area contributed by atoms with E-state index in [1.54, 1.807) is 12.1 Å². The Bertz CT molecular complexity index is 612. The number of nitrogens with zero attached hydrogens (tertiary/aromatic N) is 2. The number of halogens is 1. The lowest BCUT2D eigenvalue weighted by atomic mass is 9.78. The van der Waals surface area contributed by atoms with Crippen molar-refractivity contribution in [2.45, 2.75) is 43.8 Å². The number of anilines is 1. The SMILES string of the molecule is CC1(O)CCOC2(CCN(c3ccc(Cl)c(C(=O)O)n3)CC2)C1. The van der Waals surface area contributed by atoms with Gasteiger partial charge in [-0.3, -0.25) is 0 Å². The molecule has 0 aromatic carbocycles. The molecule has 1 spiro atoms. The molecule has 2 aliphatic rings. The average molecular weight is 341 g/mol. The topological polar surface area (TPSA) is 82.9 Å². The van der Waals surface area contributed by atoms with Gasteiger partial charge in [-0.25, -0.2) is 9.78 Å². The largest absolute Gasteiger partial charge is 0.476 e. The van der Waals surface area contributed by atoms with Gasteiger partial charge >= 0.3 is 5.97 Å². The van der Waals surface area contributed by atoms with Crippen LogP contribution in [0.1, 0.15) is 43.1 Å². The molecule has 2 fully saturated rings. The van der Waals surface area contributed by atoms with E-state index in [-0.39, 0.29) is 16.3 Å². The van der Waals surface area contributed by atoms with Crippen LogP contribution in [0.2, 0.25) is 5.02 Å². The molecular weight excluding hydrogens is 320 g/mol. The summed E-state index contributed by atoms with van der Waals surface area (Å²) in [6.07, 6.45) is 2.88. The number of hydrogen-bond acceptors (Lipinski definition) is 5. The van der Waals surface area contributed by atoms with Gasteiger partial charge in [-0.2, -0.15) is 0 Å². The summed E-state index contributed by atoms with van der Waals surface area (Å²) in [5.74, 6) is -0.513. The second kappa shape index (κ2) is 5.92. The highest BCUT2D eigenvalue weighted by Crippen LogP contribution is 2.40. The highest BCUT2D eigenvalue weighted by atomic mass is 35.5. The van der Waals surface area contributed by atoms with Crippen molar-refractivity contribution in [3.8, 4) is 0 Å². The molecule has 1 atom stereocenters. The maximum Gasteiger partial charge on any atom is 0.356 e. The van der Waals surface area contributed by atoms with Gasteiger partial charge in [-0.05, 0) is 38.3 Å². The molecule has 2 aliphatic heterocycles. The molecule has 2 N–H and O–H groups in total. The van der Waals surface area contributed by atoms with Gasteiger partial charge in [-0.1, -0.05) is 11.6 Å². The molecule has 1 unspecified atom stereocenters. The Labute approximate surface area is 140 Å². The minimum Gasteiger partial charge on any atom is -0.476 e. The normalized spacial score (nSPS) is 27.2. The van der Waals surface area contributed by atoms with Crippen molar-refractivity contribution in [2.75, 3.05) is 24.6 Å².